The number of aryl methyl sites for hydroxylation is 1. The number of anilines is 1. The summed E-state index contributed by atoms with van der Waals surface area (Å²) in [5, 5.41) is 15.8. The van der Waals surface area contributed by atoms with Crippen LogP contribution in [0.2, 0.25) is 0 Å². The lowest BCUT2D eigenvalue weighted by molar-refractivity contribution is -0.121. The molecule has 172 valence electrons. The Kier molecular flexibility index (Phi) is 6.96. The first-order valence-electron chi connectivity index (χ1n) is 10.9. The zero-order chi connectivity index (χ0) is 22.5. The van der Waals surface area contributed by atoms with E-state index in [-0.39, 0.29) is 24.4 Å². The van der Waals surface area contributed by atoms with E-state index in [1.165, 1.54) is 0 Å². The van der Waals surface area contributed by atoms with Gasteiger partial charge in [-0.15, -0.1) is 0 Å². The van der Waals surface area contributed by atoms with Crippen molar-refractivity contribution in [2.24, 2.45) is 0 Å². The summed E-state index contributed by atoms with van der Waals surface area (Å²) in [6, 6.07) is 0.157. The van der Waals surface area contributed by atoms with E-state index in [0.29, 0.717) is 30.4 Å². The topological polar surface area (TPSA) is 129 Å². The largest absolute Gasteiger partial charge is 0.383 e. The molecule has 1 aliphatic rings. The predicted octanol–water partition coefficient (Wildman–Crippen LogP) is 1.79. The smallest absolute Gasteiger partial charge is 0.261 e. The van der Waals surface area contributed by atoms with Gasteiger partial charge in [0.1, 0.15) is 0 Å². The average Bonchev–Trinajstić information content (AvgIpc) is 3.41. The van der Waals surface area contributed by atoms with Gasteiger partial charge in [0, 0.05) is 45.1 Å². The van der Waals surface area contributed by atoms with Crippen molar-refractivity contribution in [2.45, 2.75) is 51.7 Å². The van der Waals surface area contributed by atoms with Crippen molar-refractivity contribution in [2.75, 3.05) is 32.2 Å². The summed E-state index contributed by atoms with van der Waals surface area (Å²) >= 11 is 0. The standard InChI is InChI=1S/C21H29N7O4/c1-4-28-20-15(11-23-28)19(25-14-5-7-31-8-6-14)16(10-22-20)21-26-17(27-32-21)9-18(29)24-13(2)12-30-3/h10-11,13-14H,4-9,12H2,1-3H3,(H,22,25)(H,24,29). The van der Waals surface area contributed by atoms with Gasteiger partial charge in [0.05, 0.1) is 35.9 Å². The van der Waals surface area contributed by atoms with Gasteiger partial charge in [-0.3, -0.25) is 4.79 Å². The number of nitrogens with one attached hydrogen (secondary N) is 2. The maximum atomic E-state index is 12.2. The van der Waals surface area contributed by atoms with Crippen molar-refractivity contribution in [3.8, 4) is 11.5 Å². The van der Waals surface area contributed by atoms with Crippen LogP contribution in [0.1, 0.15) is 32.5 Å². The van der Waals surface area contributed by atoms with Crippen molar-refractivity contribution in [1.82, 2.24) is 30.2 Å². The first-order valence-corrected chi connectivity index (χ1v) is 10.9. The first kappa shape index (κ1) is 22.2. The van der Waals surface area contributed by atoms with E-state index in [0.717, 1.165) is 42.8 Å². The van der Waals surface area contributed by atoms with Crippen molar-refractivity contribution < 1.29 is 18.8 Å². The van der Waals surface area contributed by atoms with Crippen LogP contribution in [0.15, 0.2) is 16.9 Å². The molecule has 4 rings (SSSR count). The Morgan fingerprint density at radius 1 is 1.34 bits per heavy atom. The number of aromatic nitrogens is 5. The summed E-state index contributed by atoms with van der Waals surface area (Å²) in [6.45, 7) is 6.48. The fraction of sp³-hybridized carbons (Fsp3) is 0.571. The van der Waals surface area contributed by atoms with Crippen LogP contribution in [0.3, 0.4) is 0 Å². The van der Waals surface area contributed by atoms with Gasteiger partial charge in [-0.05, 0) is 26.7 Å². The lowest BCUT2D eigenvalue weighted by Crippen LogP contribution is -2.36. The Labute approximate surface area is 185 Å². The van der Waals surface area contributed by atoms with Crippen LogP contribution < -0.4 is 10.6 Å². The highest BCUT2D eigenvalue weighted by Gasteiger charge is 2.23. The van der Waals surface area contributed by atoms with Crippen molar-refractivity contribution in [3.63, 3.8) is 0 Å². The number of hydrogen-bond donors (Lipinski definition) is 2. The minimum Gasteiger partial charge on any atom is -0.383 e. The van der Waals surface area contributed by atoms with Gasteiger partial charge in [0.25, 0.3) is 5.89 Å². The molecule has 4 heterocycles. The summed E-state index contributed by atoms with van der Waals surface area (Å²) in [5.74, 6) is 0.426. The fourth-order valence-electron chi connectivity index (χ4n) is 3.82. The number of nitrogens with zero attached hydrogens (tertiary/aromatic N) is 5. The second kappa shape index (κ2) is 10.0. The highest BCUT2D eigenvalue weighted by molar-refractivity contribution is 5.96. The molecule has 3 aromatic rings. The van der Waals surface area contributed by atoms with Gasteiger partial charge in [-0.25, -0.2) is 9.67 Å². The summed E-state index contributed by atoms with van der Waals surface area (Å²) in [4.78, 5) is 21.3. The molecule has 0 aliphatic carbocycles. The van der Waals surface area contributed by atoms with Gasteiger partial charge in [0.15, 0.2) is 11.5 Å². The second-order valence-electron chi connectivity index (χ2n) is 7.89. The highest BCUT2D eigenvalue weighted by atomic mass is 16.5. The zero-order valence-electron chi connectivity index (χ0n) is 18.6. The lowest BCUT2D eigenvalue weighted by Gasteiger charge is -2.25. The van der Waals surface area contributed by atoms with Crippen molar-refractivity contribution in [1.29, 1.82) is 0 Å². The molecule has 11 heteroatoms. The number of ether oxygens (including phenoxy) is 2. The molecule has 3 aromatic heterocycles. The number of fused-ring (bicyclic) bond motifs is 1. The average molecular weight is 444 g/mol. The maximum Gasteiger partial charge on any atom is 0.261 e. The Hall–Kier alpha value is -3.05. The SMILES string of the molecule is CCn1ncc2c(NC3CCOCC3)c(-c3nc(CC(=O)NC(C)COC)no3)cnc21. The van der Waals surface area contributed by atoms with Gasteiger partial charge >= 0.3 is 0 Å². The van der Waals surface area contributed by atoms with Crippen LogP contribution in [-0.4, -0.2) is 69.8 Å². The molecular formula is C21H29N7O4. The Balaban J connectivity index is 1.60. The minimum atomic E-state index is -0.194. The third-order valence-corrected chi connectivity index (χ3v) is 5.38. The van der Waals surface area contributed by atoms with E-state index in [1.807, 2.05) is 18.5 Å². The first-order chi connectivity index (χ1) is 15.6. The number of hydrogen-bond acceptors (Lipinski definition) is 9. The molecular weight excluding hydrogens is 414 g/mol. The van der Waals surface area contributed by atoms with Crippen LogP contribution in [0, 0.1) is 0 Å². The maximum absolute atomic E-state index is 12.2. The number of amides is 1. The number of carbonyl (C=O) groups excluding carboxylic acids is 1. The number of methoxy groups -OCH3 is 1. The molecule has 2 N–H and O–H groups in total. The second-order valence-corrected chi connectivity index (χ2v) is 7.89. The third-order valence-electron chi connectivity index (χ3n) is 5.38. The molecule has 0 saturated carbocycles. The Morgan fingerprint density at radius 3 is 2.91 bits per heavy atom. The van der Waals surface area contributed by atoms with E-state index in [2.05, 4.69) is 30.9 Å². The monoisotopic (exact) mass is 443 g/mol. The van der Waals surface area contributed by atoms with E-state index in [9.17, 15) is 4.79 Å². The lowest BCUT2D eigenvalue weighted by atomic mass is 10.1. The summed E-state index contributed by atoms with van der Waals surface area (Å²) in [7, 11) is 1.59. The minimum absolute atomic E-state index is 0.0176. The van der Waals surface area contributed by atoms with E-state index >= 15 is 0 Å². The Morgan fingerprint density at radius 2 is 2.16 bits per heavy atom. The molecule has 0 bridgehead atoms. The number of carbonyl (C=O) groups is 1. The van der Waals surface area contributed by atoms with Crippen molar-refractivity contribution in [3.05, 3.63) is 18.2 Å². The molecule has 1 aliphatic heterocycles. The Bertz CT molecular complexity index is 1060. The summed E-state index contributed by atoms with van der Waals surface area (Å²) < 4.78 is 17.9. The van der Waals surface area contributed by atoms with Gasteiger partial charge < -0.3 is 24.6 Å². The number of rotatable bonds is 9. The van der Waals surface area contributed by atoms with Crippen LogP contribution in [0.4, 0.5) is 5.69 Å². The van der Waals surface area contributed by atoms with Crippen molar-refractivity contribution >= 4 is 22.6 Å². The third kappa shape index (κ3) is 4.89. The molecule has 1 atom stereocenters. The van der Waals surface area contributed by atoms with Crippen LogP contribution >= 0.6 is 0 Å². The molecule has 1 fully saturated rings. The van der Waals surface area contributed by atoms with E-state index in [1.54, 1.807) is 19.5 Å². The van der Waals surface area contributed by atoms with Crippen LogP contribution in [-0.2, 0) is 27.2 Å². The molecule has 1 saturated heterocycles. The van der Waals surface area contributed by atoms with Crippen LogP contribution in [0.25, 0.3) is 22.5 Å². The molecule has 0 spiro atoms. The summed E-state index contributed by atoms with van der Waals surface area (Å²) in [6.07, 6.45) is 5.35. The van der Waals surface area contributed by atoms with E-state index in [4.69, 9.17) is 14.0 Å². The fourth-order valence-corrected chi connectivity index (χ4v) is 3.82. The molecule has 11 nitrogen and oxygen atoms in total. The van der Waals surface area contributed by atoms with E-state index < -0.39 is 0 Å². The van der Waals surface area contributed by atoms with Crippen LogP contribution in [0.5, 0.6) is 0 Å². The summed E-state index contributed by atoms with van der Waals surface area (Å²) in [5.41, 5.74) is 2.33. The molecule has 1 amide bonds. The normalized spacial score (nSPS) is 15.7. The van der Waals surface area contributed by atoms with Gasteiger partial charge in [-0.2, -0.15) is 10.1 Å². The van der Waals surface area contributed by atoms with Gasteiger partial charge in [-0.1, -0.05) is 5.16 Å². The van der Waals surface area contributed by atoms with Gasteiger partial charge in [0.2, 0.25) is 5.91 Å². The quantitative estimate of drug-likeness (QED) is 0.508. The molecule has 32 heavy (non-hydrogen) atoms. The molecule has 0 radical (unpaired) electrons. The molecule has 0 aromatic carbocycles. The zero-order valence-corrected chi connectivity index (χ0v) is 18.6. The highest BCUT2D eigenvalue weighted by Crippen LogP contribution is 2.34. The predicted molar refractivity (Wildman–Crippen MR) is 117 cm³/mol. The number of pyridine rings is 1. The molecule has 1 unspecified atom stereocenters.